The lowest BCUT2D eigenvalue weighted by atomic mass is 9.94. The summed E-state index contributed by atoms with van der Waals surface area (Å²) in [6.07, 6.45) is 3.98. The van der Waals surface area contributed by atoms with Gasteiger partial charge in [-0.3, -0.25) is 0 Å². The Morgan fingerprint density at radius 3 is 3.15 bits per heavy atom. The molecule has 1 saturated heterocycles. The van der Waals surface area contributed by atoms with Crippen molar-refractivity contribution in [1.82, 2.24) is 5.32 Å². The number of rotatable bonds is 2. The van der Waals surface area contributed by atoms with Gasteiger partial charge in [-0.05, 0) is 71.2 Å². The number of hydrogen-bond acceptors (Lipinski definition) is 2. The van der Waals surface area contributed by atoms with Crippen LogP contribution in [0.25, 0.3) is 0 Å². The van der Waals surface area contributed by atoms with Crippen molar-refractivity contribution in [2.75, 3.05) is 13.1 Å². The van der Waals surface area contributed by atoms with Crippen molar-refractivity contribution < 1.29 is 0 Å². The molecular formula is C10H14BrNS. The quantitative estimate of drug-likeness (QED) is 0.861. The number of nitrogens with one attached hydrogen (secondary N) is 1. The van der Waals surface area contributed by atoms with E-state index in [0.717, 1.165) is 5.92 Å². The molecule has 1 aliphatic heterocycles. The summed E-state index contributed by atoms with van der Waals surface area (Å²) < 4.78 is 1.26. The zero-order chi connectivity index (χ0) is 9.10. The van der Waals surface area contributed by atoms with E-state index in [4.69, 9.17) is 0 Å². The van der Waals surface area contributed by atoms with E-state index in [0.29, 0.717) is 0 Å². The SMILES string of the molecule is Brc1cc(CC2CCCNC2)cs1. The molecule has 1 nitrogen and oxygen atoms in total. The van der Waals surface area contributed by atoms with Crippen LogP contribution in [0.5, 0.6) is 0 Å². The van der Waals surface area contributed by atoms with Crippen molar-refractivity contribution in [2.45, 2.75) is 19.3 Å². The third kappa shape index (κ3) is 2.79. The molecule has 2 rings (SSSR count). The molecule has 1 aromatic rings. The van der Waals surface area contributed by atoms with Gasteiger partial charge in [-0.25, -0.2) is 0 Å². The molecule has 0 amide bonds. The molecule has 0 spiro atoms. The zero-order valence-electron chi connectivity index (χ0n) is 7.55. The second-order valence-corrected chi connectivity index (χ2v) is 5.97. The summed E-state index contributed by atoms with van der Waals surface area (Å²) >= 11 is 5.29. The fraction of sp³-hybridized carbons (Fsp3) is 0.600. The van der Waals surface area contributed by atoms with Crippen molar-refractivity contribution >= 4 is 27.3 Å². The van der Waals surface area contributed by atoms with Gasteiger partial charge in [-0.2, -0.15) is 0 Å². The maximum atomic E-state index is 3.50. The van der Waals surface area contributed by atoms with E-state index in [1.54, 1.807) is 11.3 Å². The van der Waals surface area contributed by atoms with Gasteiger partial charge in [0.1, 0.15) is 0 Å². The number of hydrogen-bond donors (Lipinski definition) is 1. The van der Waals surface area contributed by atoms with Gasteiger partial charge >= 0.3 is 0 Å². The minimum absolute atomic E-state index is 0.857. The van der Waals surface area contributed by atoms with E-state index in [2.05, 4.69) is 32.7 Å². The molecule has 1 atom stereocenters. The molecule has 1 aromatic heterocycles. The molecule has 0 bridgehead atoms. The van der Waals surface area contributed by atoms with Crippen LogP contribution in [-0.4, -0.2) is 13.1 Å². The number of thiophene rings is 1. The lowest BCUT2D eigenvalue weighted by molar-refractivity contribution is 0.376. The van der Waals surface area contributed by atoms with Crippen LogP contribution in [0.2, 0.25) is 0 Å². The zero-order valence-corrected chi connectivity index (χ0v) is 9.96. The first kappa shape index (κ1) is 9.69. The first-order valence-electron chi connectivity index (χ1n) is 4.78. The van der Waals surface area contributed by atoms with Crippen LogP contribution in [0.1, 0.15) is 18.4 Å². The van der Waals surface area contributed by atoms with Gasteiger partial charge in [0.15, 0.2) is 0 Å². The lowest BCUT2D eigenvalue weighted by Crippen LogP contribution is -2.30. The van der Waals surface area contributed by atoms with Crippen LogP contribution in [0.4, 0.5) is 0 Å². The molecule has 13 heavy (non-hydrogen) atoms. The van der Waals surface area contributed by atoms with E-state index in [-0.39, 0.29) is 0 Å². The average Bonchev–Trinajstić information content (AvgIpc) is 2.53. The van der Waals surface area contributed by atoms with Gasteiger partial charge in [0.2, 0.25) is 0 Å². The highest BCUT2D eigenvalue weighted by atomic mass is 79.9. The highest BCUT2D eigenvalue weighted by Crippen LogP contribution is 2.24. The minimum atomic E-state index is 0.857. The summed E-state index contributed by atoms with van der Waals surface area (Å²) in [6.45, 7) is 2.41. The number of piperidine rings is 1. The maximum absolute atomic E-state index is 3.50. The Hall–Kier alpha value is 0.140. The summed E-state index contributed by atoms with van der Waals surface area (Å²) in [5.74, 6) is 0.857. The number of halogens is 1. The Morgan fingerprint density at radius 2 is 2.54 bits per heavy atom. The van der Waals surface area contributed by atoms with Gasteiger partial charge in [-0.1, -0.05) is 0 Å². The molecule has 1 unspecified atom stereocenters. The van der Waals surface area contributed by atoms with Crippen LogP contribution in [0.3, 0.4) is 0 Å². The molecule has 3 heteroatoms. The standard InChI is InChI=1S/C10H14BrNS/c11-10-5-9(7-13-10)4-8-2-1-3-12-6-8/h5,7-8,12H,1-4,6H2. The van der Waals surface area contributed by atoms with Crippen LogP contribution in [0, 0.1) is 5.92 Å². The van der Waals surface area contributed by atoms with Gasteiger partial charge < -0.3 is 5.32 Å². The van der Waals surface area contributed by atoms with E-state index in [1.807, 2.05) is 0 Å². The van der Waals surface area contributed by atoms with Gasteiger partial charge in [0.05, 0.1) is 3.79 Å². The van der Waals surface area contributed by atoms with Crippen LogP contribution >= 0.6 is 27.3 Å². The summed E-state index contributed by atoms with van der Waals surface area (Å²) in [4.78, 5) is 0. The third-order valence-corrected chi connectivity index (χ3v) is 4.10. The third-order valence-electron chi connectivity index (χ3n) is 2.55. The highest BCUT2D eigenvalue weighted by Gasteiger charge is 2.13. The van der Waals surface area contributed by atoms with Crippen LogP contribution in [-0.2, 0) is 6.42 Å². The molecule has 0 radical (unpaired) electrons. The lowest BCUT2D eigenvalue weighted by Gasteiger charge is -2.22. The van der Waals surface area contributed by atoms with Crippen LogP contribution < -0.4 is 5.32 Å². The Kier molecular flexibility index (Phi) is 3.41. The molecule has 0 aliphatic carbocycles. The predicted molar refractivity (Wildman–Crippen MR) is 61.3 cm³/mol. The normalized spacial score (nSPS) is 23.3. The summed E-state index contributed by atoms with van der Waals surface area (Å²) in [5.41, 5.74) is 1.49. The Morgan fingerprint density at radius 1 is 1.62 bits per heavy atom. The van der Waals surface area contributed by atoms with Crippen molar-refractivity contribution in [1.29, 1.82) is 0 Å². The molecule has 1 N–H and O–H groups in total. The van der Waals surface area contributed by atoms with Crippen LogP contribution in [0.15, 0.2) is 15.2 Å². The molecule has 0 aromatic carbocycles. The molecule has 1 aliphatic rings. The van der Waals surface area contributed by atoms with E-state index in [9.17, 15) is 0 Å². The topological polar surface area (TPSA) is 12.0 Å². The van der Waals surface area contributed by atoms with Crippen molar-refractivity contribution in [3.8, 4) is 0 Å². The van der Waals surface area contributed by atoms with Gasteiger partial charge in [-0.15, -0.1) is 11.3 Å². The molecule has 72 valence electrons. The summed E-state index contributed by atoms with van der Waals surface area (Å²) in [7, 11) is 0. The Balaban J connectivity index is 1.89. The van der Waals surface area contributed by atoms with Crippen molar-refractivity contribution in [3.05, 3.63) is 20.8 Å². The molecule has 0 saturated carbocycles. The first-order chi connectivity index (χ1) is 6.34. The summed E-state index contributed by atoms with van der Waals surface area (Å²) in [5, 5.41) is 5.72. The Bertz CT molecular complexity index is 266. The predicted octanol–water partition coefficient (Wildman–Crippen LogP) is 3.05. The van der Waals surface area contributed by atoms with E-state index in [1.165, 1.54) is 41.7 Å². The van der Waals surface area contributed by atoms with Crippen molar-refractivity contribution in [2.24, 2.45) is 5.92 Å². The molecule has 2 heterocycles. The largest absolute Gasteiger partial charge is 0.316 e. The van der Waals surface area contributed by atoms with Gasteiger partial charge in [0, 0.05) is 0 Å². The summed E-state index contributed by atoms with van der Waals surface area (Å²) in [6, 6.07) is 2.25. The monoisotopic (exact) mass is 259 g/mol. The maximum Gasteiger partial charge on any atom is 0.0701 e. The minimum Gasteiger partial charge on any atom is -0.316 e. The fourth-order valence-corrected chi connectivity index (χ4v) is 3.11. The van der Waals surface area contributed by atoms with Crippen molar-refractivity contribution in [3.63, 3.8) is 0 Å². The molecular weight excluding hydrogens is 246 g/mol. The van der Waals surface area contributed by atoms with Gasteiger partial charge in [0.25, 0.3) is 0 Å². The highest BCUT2D eigenvalue weighted by molar-refractivity contribution is 9.11. The fourth-order valence-electron chi connectivity index (χ4n) is 1.88. The van der Waals surface area contributed by atoms with E-state index >= 15 is 0 Å². The second kappa shape index (κ2) is 4.58. The Labute approximate surface area is 91.7 Å². The first-order valence-corrected chi connectivity index (χ1v) is 6.45. The van der Waals surface area contributed by atoms with E-state index < -0.39 is 0 Å². The second-order valence-electron chi connectivity index (χ2n) is 3.68. The smallest absolute Gasteiger partial charge is 0.0701 e. The average molecular weight is 260 g/mol. The molecule has 1 fully saturated rings.